The fourth-order valence-electron chi connectivity index (χ4n) is 4.14. The maximum atomic E-state index is 12.7. The van der Waals surface area contributed by atoms with E-state index in [1.165, 1.54) is 0 Å². The Hall–Kier alpha value is -3.34. The first-order valence-electron chi connectivity index (χ1n) is 10.1. The average molecular weight is 405 g/mol. The summed E-state index contributed by atoms with van der Waals surface area (Å²) in [6, 6.07) is 13.4. The van der Waals surface area contributed by atoms with E-state index >= 15 is 0 Å². The highest BCUT2D eigenvalue weighted by Gasteiger charge is 2.43. The molecule has 0 atom stereocenters. The number of hydrogen-bond acceptors (Lipinski definition) is 3. The van der Waals surface area contributed by atoms with Gasteiger partial charge in [0.15, 0.2) is 6.61 Å². The number of piperidine rings is 1. The fraction of sp³-hybridized carbons (Fsp3) is 0.280. The Bertz CT molecular complexity index is 972. The molecule has 156 valence electrons. The second-order valence-corrected chi connectivity index (χ2v) is 7.63. The molecule has 2 amide bonds. The molecule has 0 saturated carbocycles. The molecule has 1 aliphatic rings. The van der Waals surface area contributed by atoms with E-state index < -0.39 is 5.41 Å². The summed E-state index contributed by atoms with van der Waals surface area (Å²) in [6.45, 7) is 10.4. The third-order valence-corrected chi connectivity index (χ3v) is 5.96. The van der Waals surface area contributed by atoms with Crippen LogP contribution in [0, 0.1) is 6.92 Å². The van der Waals surface area contributed by atoms with Gasteiger partial charge in [-0.1, -0.05) is 55.6 Å². The predicted octanol–water partition coefficient (Wildman–Crippen LogP) is 3.71. The highest BCUT2D eigenvalue weighted by atomic mass is 16.5. The van der Waals surface area contributed by atoms with Crippen molar-refractivity contribution in [3.63, 3.8) is 0 Å². The zero-order chi connectivity index (χ0) is 21.7. The molecule has 1 heterocycles. The van der Waals surface area contributed by atoms with E-state index in [-0.39, 0.29) is 18.4 Å². The first-order valence-corrected chi connectivity index (χ1v) is 10.1. The maximum Gasteiger partial charge on any atom is 0.260 e. The normalized spacial score (nSPS) is 15.3. The molecule has 2 aromatic rings. The lowest BCUT2D eigenvalue weighted by molar-refractivity contribution is -0.137. The Kier molecular flexibility index (Phi) is 6.40. The molecule has 0 spiro atoms. The number of benzene rings is 2. The van der Waals surface area contributed by atoms with Gasteiger partial charge in [0.05, 0.1) is 5.41 Å². The minimum Gasteiger partial charge on any atom is -0.484 e. The number of nitrogens with two attached hydrogens (primary N) is 1. The Labute approximate surface area is 177 Å². The van der Waals surface area contributed by atoms with E-state index in [9.17, 15) is 9.59 Å². The molecule has 1 saturated heterocycles. The molecule has 5 nitrogen and oxygen atoms in total. The van der Waals surface area contributed by atoms with Crippen LogP contribution in [0.25, 0.3) is 12.2 Å². The van der Waals surface area contributed by atoms with Crippen molar-refractivity contribution in [1.82, 2.24) is 4.90 Å². The van der Waals surface area contributed by atoms with Gasteiger partial charge in [-0.25, -0.2) is 0 Å². The molecule has 1 aliphatic heterocycles. The van der Waals surface area contributed by atoms with E-state index in [0.29, 0.717) is 31.7 Å². The zero-order valence-electron chi connectivity index (χ0n) is 17.4. The number of carbonyl (C=O) groups is 2. The highest BCUT2D eigenvalue weighted by molar-refractivity contribution is 5.88. The Morgan fingerprint density at radius 1 is 1.10 bits per heavy atom. The molecule has 3 rings (SSSR count). The summed E-state index contributed by atoms with van der Waals surface area (Å²) in [7, 11) is 0. The van der Waals surface area contributed by atoms with Crippen molar-refractivity contribution in [3.05, 3.63) is 77.9 Å². The molecular formula is C25H28N2O3. The molecule has 5 heteroatoms. The molecule has 0 aliphatic carbocycles. The van der Waals surface area contributed by atoms with Crippen LogP contribution in [-0.2, 0) is 15.0 Å². The van der Waals surface area contributed by atoms with Gasteiger partial charge in [-0.15, -0.1) is 0 Å². The van der Waals surface area contributed by atoms with Crippen molar-refractivity contribution < 1.29 is 14.3 Å². The maximum absolute atomic E-state index is 12.7. The van der Waals surface area contributed by atoms with Gasteiger partial charge in [0.2, 0.25) is 5.91 Å². The van der Waals surface area contributed by atoms with Crippen LogP contribution in [0.4, 0.5) is 0 Å². The van der Waals surface area contributed by atoms with Gasteiger partial charge < -0.3 is 15.4 Å². The van der Waals surface area contributed by atoms with E-state index in [2.05, 4.69) is 13.2 Å². The van der Waals surface area contributed by atoms with Gasteiger partial charge in [0.25, 0.3) is 5.91 Å². The van der Waals surface area contributed by atoms with Crippen molar-refractivity contribution in [2.24, 2.45) is 5.73 Å². The van der Waals surface area contributed by atoms with Crippen LogP contribution in [-0.4, -0.2) is 36.4 Å². The van der Waals surface area contributed by atoms with Crippen molar-refractivity contribution >= 4 is 24.0 Å². The second-order valence-electron chi connectivity index (χ2n) is 7.63. The van der Waals surface area contributed by atoms with Gasteiger partial charge in [0, 0.05) is 13.1 Å². The molecule has 0 radical (unpaired) electrons. The number of hydrogen-bond donors (Lipinski definition) is 1. The summed E-state index contributed by atoms with van der Waals surface area (Å²) >= 11 is 0. The van der Waals surface area contributed by atoms with Crippen LogP contribution < -0.4 is 10.5 Å². The van der Waals surface area contributed by atoms with Crippen molar-refractivity contribution in [3.8, 4) is 5.75 Å². The number of likely N-dealkylation sites (tertiary alicyclic amines) is 1. The summed E-state index contributed by atoms with van der Waals surface area (Å²) in [5.41, 5.74) is 8.95. The van der Waals surface area contributed by atoms with Crippen molar-refractivity contribution in [2.75, 3.05) is 19.7 Å². The number of primary amides is 1. The number of aryl methyl sites for hydroxylation is 1. The third kappa shape index (κ3) is 4.15. The van der Waals surface area contributed by atoms with Crippen LogP contribution in [0.2, 0.25) is 0 Å². The predicted molar refractivity (Wildman–Crippen MR) is 120 cm³/mol. The van der Waals surface area contributed by atoms with Gasteiger partial charge in [-0.2, -0.15) is 0 Å². The van der Waals surface area contributed by atoms with E-state index in [1.54, 1.807) is 17.1 Å². The molecule has 1 fully saturated rings. The van der Waals surface area contributed by atoms with Crippen LogP contribution >= 0.6 is 0 Å². The number of rotatable bonds is 7. The molecule has 2 N–H and O–H groups in total. The lowest BCUT2D eigenvalue weighted by atomic mass is 9.70. The van der Waals surface area contributed by atoms with Crippen LogP contribution in [0.1, 0.15) is 35.1 Å². The van der Waals surface area contributed by atoms with Gasteiger partial charge in [-0.05, 0) is 54.2 Å². The average Bonchev–Trinajstić information content (AvgIpc) is 2.77. The molecule has 0 unspecified atom stereocenters. The highest BCUT2D eigenvalue weighted by Crippen LogP contribution is 2.37. The van der Waals surface area contributed by atoms with Crippen LogP contribution in [0.3, 0.4) is 0 Å². The minimum atomic E-state index is -0.734. The van der Waals surface area contributed by atoms with E-state index in [1.807, 2.05) is 49.4 Å². The summed E-state index contributed by atoms with van der Waals surface area (Å²) in [6.07, 6.45) is 4.49. The summed E-state index contributed by atoms with van der Waals surface area (Å²) in [4.78, 5) is 26.8. The Morgan fingerprint density at radius 2 is 1.77 bits per heavy atom. The quantitative estimate of drug-likeness (QED) is 0.765. The number of carbonyl (C=O) groups excluding carboxylic acids is 2. The Morgan fingerprint density at radius 3 is 2.37 bits per heavy atom. The largest absolute Gasteiger partial charge is 0.484 e. The SMILES string of the molecule is C=Cc1ccc(OCC(=O)N2CCC(C(N)=O)(c3ccccc3C)CC2)cc1C=C. The minimum absolute atomic E-state index is 0.0576. The van der Waals surface area contributed by atoms with E-state index in [0.717, 1.165) is 22.3 Å². The lowest BCUT2D eigenvalue weighted by Crippen LogP contribution is -2.52. The van der Waals surface area contributed by atoms with Gasteiger partial charge >= 0.3 is 0 Å². The fourth-order valence-corrected chi connectivity index (χ4v) is 4.14. The summed E-state index contributed by atoms with van der Waals surface area (Å²) < 4.78 is 5.70. The summed E-state index contributed by atoms with van der Waals surface area (Å²) in [5, 5.41) is 0. The van der Waals surface area contributed by atoms with Crippen molar-refractivity contribution in [2.45, 2.75) is 25.2 Å². The molecule has 0 aromatic heterocycles. The summed E-state index contributed by atoms with van der Waals surface area (Å²) in [5.74, 6) is 0.164. The standard InChI is InChI=1S/C25H28N2O3/c1-4-19-10-11-21(16-20(19)5-2)30-17-23(28)27-14-12-25(13-15-27,24(26)29)22-9-7-6-8-18(22)3/h4-11,16H,1-2,12-15,17H2,3H3,(H2,26,29). The lowest BCUT2D eigenvalue weighted by Gasteiger charge is -2.40. The zero-order valence-corrected chi connectivity index (χ0v) is 17.4. The second kappa shape index (κ2) is 8.99. The van der Waals surface area contributed by atoms with E-state index in [4.69, 9.17) is 10.5 Å². The molecule has 2 aromatic carbocycles. The number of ether oxygens (including phenoxy) is 1. The Balaban J connectivity index is 1.65. The van der Waals surface area contributed by atoms with Crippen LogP contribution in [0.15, 0.2) is 55.6 Å². The van der Waals surface area contributed by atoms with Crippen molar-refractivity contribution in [1.29, 1.82) is 0 Å². The topological polar surface area (TPSA) is 72.6 Å². The smallest absolute Gasteiger partial charge is 0.260 e. The third-order valence-electron chi connectivity index (χ3n) is 5.96. The molecular weight excluding hydrogens is 376 g/mol. The monoisotopic (exact) mass is 404 g/mol. The number of nitrogens with zero attached hydrogens (tertiary/aromatic N) is 1. The van der Waals surface area contributed by atoms with Gasteiger partial charge in [-0.3, -0.25) is 9.59 Å². The first-order chi connectivity index (χ1) is 14.4. The van der Waals surface area contributed by atoms with Gasteiger partial charge in [0.1, 0.15) is 5.75 Å². The molecule has 0 bridgehead atoms. The number of amides is 2. The van der Waals surface area contributed by atoms with Crippen LogP contribution in [0.5, 0.6) is 5.75 Å². The molecule has 30 heavy (non-hydrogen) atoms. The first kappa shape index (κ1) is 21.4.